The second kappa shape index (κ2) is 13.9. The lowest BCUT2D eigenvalue weighted by Gasteiger charge is -2.12. The first-order chi connectivity index (χ1) is 8.65. The van der Waals surface area contributed by atoms with E-state index in [1.807, 2.05) is 13.8 Å². The number of carbonyl (C=O) groups excluding carboxylic acids is 1. The van der Waals surface area contributed by atoms with Crippen LogP contribution in [0.4, 0.5) is 0 Å². The summed E-state index contributed by atoms with van der Waals surface area (Å²) in [4.78, 5) is 15.5. The molecule has 0 aromatic heterocycles. The molecule has 0 aromatic rings. The zero-order valence-electron chi connectivity index (χ0n) is 12.2. The molecule has 0 radical (unpaired) electrons. The van der Waals surface area contributed by atoms with Crippen LogP contribution in [0.15, 0.2) is 4.99 Å². The van der Waals surface area contributed by atoms with E-state index >= 15 is 0 Å². The highest BCUT2D eigenvalue weighted by Gasteiger charge is 2.12. The Kier molecular flexibility index (Phi) is 15.1. The summed E-state index contributed by atoms with van der Waals surface area (Å²) >= 11 is 0. The lowest BCUT2D eigenvalue weighted by Crippen LogP contribution is -2.39. The van der Waals surface area contributed by atoms with Crippen LogP contribution in [-0.2, 0) is 14.3 Å². The quantitative estimate of drug-likeness (QED) is 0.214. The summed E-state index contributed by atoms with van der Waals surface area (Å²) in [6.07, 6.45) is 0. The van der Waals surface area contributed by atoms with Crippen molar-refractivity contribution in [2.24, 2.45) is 10.9 Å². The number of methoxy groups -OCH3 is 1. The maximum absolute atomic E-state index is 11.2. The molecule has 0 fully saturated rings. The van der Waals surface area contributed by atoms with Crippen LogP contribution in [0, 0.1) is 5.92 Å². The molecule has 7 heteroatoms. The van der Waals surface area contributed by atoms with Crippen LogP contribution in [-0.4, -0.2) is 51.9 Å². The van der Waals surface area contributed by atoms with Gasteiger partial charge in [-0.05, 0) is 13.8 Å². The van der Waals surface area contributed by atoms with E-state index < -0.39 is 0 Å². The van der Waals surface area contributed by atoms with Crippen molar-refractivity contribution < 1.29 is 14.3 Å². The molecule has 0 saturated heterocycles. The summed E-state index contributed by atoms with van der Waals surface area (Å²) in [5.74, 6) is 0.203. The second-order valence-corrected chi connectivity index (χ2v) is 3.77. The third kappa shape index (κ3) is 11.0. The van der Waals surface area contributed by atoms with Gasteiger partial charge in [0.15, 0.2) is 5.96 Å². The number of ether oxygens (including phenoxy) is 2. The molecule has 0 aliphatic heterocycles. The Bertz CT molecular complexity index is 263. The Morgan fingerprint density at radius 1 is 1.32 bits per heavy atom. The number of rotatable bonds is 8. The number of hydrogen-bond acceptors (Lipinski definition) is 4. The van der Waals surface area contributed by atoms with Crippen LogP contribution >= 0.6 is 24.0 Å². The third-order valence-corrected chi connectivity index (χ3v) is 2.21. The minimum atomic E-state index is -0.246. The maximum atomic E-state index is 11.2. The van der Waals surface area contributed by atoms with Crippen molar-refractivity contribution in [1.29, 1.82) is 0 Å². The van der Waals surface area contributed by atoms with Gasteiger partial charge >= 0.3 is 5.97 Å². The monoisotopic (exact) mass is 387 g/mol. The van der Waals surface area contributed by atoms with Crippen LogP contribution in [0.2, 0.25) is 0 Å². The van der Waals surface area contributed by atoms with Gasteiger partial charge in [0.05, 0.1) is 26.2 Å². The van der Waals surface area contributed by atoms with E-state index in [4.69, 9.17) is 4.74 Å². The summed E-state index contributed by atoms with van der Waals surface area (Å²) in [5.41, 5.74) is 0. The van der Waals surface area contributed by atoms with Gasteiger partial charge in [0.1, 0.15) is 0 Å². The van der Waals surface area contributed by atoms with E-state index in [-0.39, 0.29) is 35.9 Å². The van der Waals surface area contributed by atoms with Crippen molar-refractivity contribution >= 4 is 35.9 Å². The van der Waals surface area contributed by atoms with Crippen molar-refractivity contribution in [3.63, 3.8) is 0 Å². The molecule has 1 unspecified atom stereocenters. The van der Waals surface area contributed by atoms with Crippen molar-refractivity contribution in [2.75, 3.05) is 40.0 Å². The first kappa shape index (κ1) is 20.7. The van der Waals surface area contributed by atoms with Crippen LogP contribution < -0.4 is 10.6 Å². The second-order valence-electron chi connectivity index (χ2n) is 3.77. The molecule has 0 bridgehead atoms. The topological polar surface area (TPSA) is 72.0 Å². The van der Waals surface area contributed by atoms with Gasteiger partial charge in [-0.15, -0.1) is 24.0 Å². The first-order valence-corrected chi connectivity index (χ1v) is 6.33. The van der Waals surface area contributed by atoms with Gasteiger partial charge in [-0.25, -0.2) is 0 Å². The van der Waals surface area contributed by atoms with E-state index in [1.54, 1.807) is 6.92 Å². The SMILES string of the molecule is CCNC(=NCC(C)C(=O)OC)NCCOCC.I. The fourth-order valence-corrected chi connectivity index (χ4v) is 1.23. The van der Waals surface area contributed by atoms with Gasteiger partial charge in [-0.1, -0.05) is 6.92 Å². The number of carbonyl (C=O) groups is 1. The van der Waals surface area contributed by atoms with Gasteiger partial charge in [0.25, 0.3) is 0 Å². The number of nitrogens with zero attached hydrogens (tertiary/aromatic N) is 1. The molecule has 0 aliphatic carbocycles. The van der Waals surface area contributed by atoms with E-state index in [1.165, 1.54) is 7.11 Å². The number of hydrogen-bond donors (Lipinski definition) is 2. The molecule has 0 aromatic carbocycles. The molecule has 114 valence electrons. The summed E-state index contributed by atoms with van der Waals surface area (Å²) < 4.78 is 9.87. The molecular formula is C12H26IN3O3. The minimum absolute atomic E-state index is 0. The molecule has 0 amide bonds. The molecule has 1 atom stereocenters. The first-order valence-electron chi connectivity index (χ1n) is 6.33. The van der Waals surface area contributed by atoms with Crippen molar-refractivity contribution in [1.82, 2.24) is 10.6 Å². The van der Waals surface area contributed by atoms with Crippen LogP contribution in [0.3, 0.4) is 0 Å². The third-order valence-electron chi connectivity index (χ3n) is 2.21. The van der Waals surface area contributed by atoms with E-state index in [9.17, 15) is 4.79 Å². The Morgan fingerprint density at radius 2 is 2.00 bits per heavy atom. The largest absolute Gasteiger partial charge is 0.469 e. The average Bonchev–Trinajstić information content (AvgIpc) is 2.39. The zero-order chi connectivity index (χ0) is 13.8. The minimum Gasteiger partial charge on any atom is -0.469 e. The van der Waals surface area contributed by atoms with E-state index in [0.29, 0.717) is 32.3 Å². The summed E-state index contributed by atoms with van der Waals surface area (Å²) in [6, 6.07) is 0. The molecule has 0 heterocycles. The lowest BCUT2D eigenvalue weighted by molar-refractivity contribution is -0.144. The number of guanidine groups is 1. The van der Waals surface area contributed by atoms with Crippen molar-refractivity contribution in [3.05, 3.63) is 0 Å². The highest BCUT2D eigenvalue weighted by Crippen LogP contribution is 1.97. The average molecular weight is 387 g/mol. The predicted molar refractivity (Wildman–Crippen MR) is 87.1 cm³/mol. The Morgan fingerprint density at radius 3 is 2.53 bits per heavy atom. The van der Waals surface area contributed by atoms with Crippen molar-refractivity contribution in [3.8, 4) is 0 Å². The van der Waals surface area contributed by atoms with E-state index in [2.05, 4.69) is 20.4 Å². The Hall–Kier alpha value is -0.570. The molecule has 0 aliphatic rings. The van der Waals surface area contributed by atoms with E-state index in [0.717, 1.165) is 6.54 Å². The summed E-state index contributed by atoms with van der Waals surface area (Å²) in [5, 5.41) is 6.23. The molecule has 19 heavy (non-hydrogen) atoms. The molecular weight excluding hydrogens is 361 g/mol. The maximum Gasteiger partial charge on any atom is 0.310 e. The van der Waals surface area contributed by atoms with Gasteiger partial charge in [-0.2, -0.15) is 0 Å². The standard InChI is InChI=1S/C12H25N3O3.HI/c1-5-13-12(14-7-8-18-6-2)15-9-10(3)11(16)17-4;/h10H,5-9H2,1-4H3,(H2,13,14,15);1H. The van der Waals surface area contributed by atoms with Gasteiger partial charge in [-0.3, -0.25) is 9.79 Å². The highest BCUT2D eigenvalue weighted by atomic mass is 127. The van der Waals surface area contributed by atoms with Crippen LogP contribution in [0.1, 0.15) is 20.8 Å². The highest BCUT2D eigenvalue weighted by molar-refractivity contribution is 14.0. The van der Waals surface area contributed by atoms with Crippen molar-refractivity contribution in [2.45, 2.75) is 20.8 Å². The molecule has 0 saturated carbocycles. The van der Waals surface area contributed by atoms with Crippen LogP contribution in [0.5, 0.6) is 0 Å². The zero-order valence-corrected chi connectivity index (χ0v) is 14.5. The van der Waals surface area contributed by atoms with Gasteiger partial charge in [0, 0.05) is 19.7 Å². The normalized spacial score (nSPS) is 12.3. The Balaban J connectivity index is 0. The summed E-state index contributed by atoms with van der Waals surface area (Å²) in [7, 11) is 1.38. The number of nitrogens with one attached hydrogen (secondary N) is 2. The smallest absolute Gasteiger partial charge is 0.310 e. The fourth-order valence-electron chi connectivity index (χ4n) is 1.23. The fraction of sp³-hybridized carbons (Fsp3) is 0.833. The lowest BCUT2D eigenvalue weighted by atomic mass is 10.2. The molecule has 2 N–H and O–H groups in total. The molecule has 0 spiro atoms. The number of halogens is 1. The summed E-state index contributed by atoms with van der Waals surface area (Å²) in [6.45, 7) is 8.93. The Labute approximate surface area is 132 Å². The molecule has 0 rings (SSSR count). The predicted octanol–water partition coefficient (Wildman–Crippen LogP) is 1.01. The number of aliphatic imine (C=N–C) groups is 1. The van der Waals surface area contributed by atoms with Gasteiger partial charge in [0.2, 0.25) is 0 Å². The van der Waals surface area contributed by atoms with Gasteiger partial charge < -0.3 is 20.1 Å². The number of esters is 1. The van der Waals surface area contributed by atoms with Crippen LogP contribution in [0.25, 0.3) is 0 Å². The molecule has 6 nitrogen and oxygen atoms in total.